The second-order valence-electron chi connectivity index (χ2n) is 7.27. The molecule has 0 amide bonds. The number of rotatable bonds is 8. The molecule has 10 heteroatoms. The number of sulfone groups is 1. The number of ketones is 2. The molecule has 0 aliphatic rings. The fourth-order valence-corrected chi connectivity index (χ4v) is 5.31. The van der Waals surface area contributed by atoms with Crippen LogP contribution in [0.2, 0.25) is 10.0 Å². The first-order valence-electron chi connectivity index (χ1n) is 9.58. The third kappa shape index (κ3) is 5.47. The molecule has 170 valence electrons. The zero-order valence-electron chi connectivity index (χ0n) is 17.2. The topological polar surface area (TPSA) is 111 Å². The van der Waals surface area contributed by atoms with Crippen LogP contribution in [0.1, 0.15) is 32.7 Å². The fraction of sp³-hybridized carbons (Fsp3) is 0.130. The second-order valence-corrected chi connectivity index (χ2v) is 10.2. The Balaban J connectivity index is 2.05. The van der Waals surface area contributed by atoms with Crippen LogP contribution in [0.4, 0.5) is 5.69 Å². The Kier molecular flexibility index (Phi) is 7.31. The van der Waals surface area contributed by atoms with Crippen molar-refractivity contribution >= 4 is 50.3 Å². The molecule has 0 aromatic heterocycles. The Morgan fingerprint density at radius 1 is 0.970 bits per heavy atom. The molecule has 0 bridgehead atoms. The maximum absolute atomic E-state index is 13.4. The molecule has 1 atom stereocenters. The summed E-state index contributed by atoms with van der Waals surface area (Å²) < 4.78 is 26.8. The molecule has 0 aliphatic heterocycles. The summed E-state index contributed by atoms with van der Waals surface area (Å²) in [6.45, 7) is 1.78. The Morgan fingerprint density at radius 3 is 2.12 bits per heavy atom. The number of nitro groups is 1. The molecule has 0 fully saturated rings. The number of nitrogens with zero attached hydrogens (tertiary/aromatic N) is 1. The number of carbonyl (C=O) groups excluding carboxylic acids is 2. The highest BCUT2D eigenvalue weighted by Crippen LogP contribution is 2.28. The van der Waals surface area contributed by atoms with E-state index in [0.717, 1.165) is 29.8 Å². The molecule has 33 heavy (non-hydrogen) atoms. The van der Waals surface area contributed by atoms with Gasteiger partial charge in [-0.15, -0.1) is 0 Å². The average Bonchev–Trinajstić information content (AvgIpc) is 2.77. The molecule has 0 spiro atoms. The van der Waals surface area contributed by atoms with Gasteiger partial charge in [-0.1, -0.05) is 40.9 Å². The molecule has 3 aromatic carbocycles. The van der Waals surface area contributed by atoms with Gasteiger partial charge in [0.25, 0.3) is 5.69 Å². The van der Waals surface area contributed by atoms with Crippen molar-refractivity contribution in [3.8, 4) is 0 Å². The van der Waals surface area contributed by atoms with Gasteiger partial charge in [-0.05, 0) is 49.4 Å². The van der Waals surface area contributed by atoms with Crippen LogP contribution in [0, 0.1) is 17.0 Å². The molecule has 0 heterocycles. The Bertz CT molecular complexity index is 1340. The van der Waals surface area contributed by atoms with E-state index in [2.05, 4.69) is 0 Å². The molecule has 0 saturated carbocycles. The van der Waals surface area contributed by atoms with E-state index in [4.69, 9.17) is 23.2 Å². The van der Waals surface area contributed by atoms with Crippen LogP contribution < -0.4 is 0 Å². The van der Waals surface area contributed by atoms with Gasteiger partial charge in [0.1, 0.15) is 5.25 Å². The van der Waals surface area contributed by atoms with E-state index in [1.165, 1.54) is 30.3 Å². The van der Waals surface area contributed by atoms with Crippen molar-refractivity contribution in [3.05, 3.63) is 104 Å². The van der Waals surface area contributed by atoms with Crippen molar-refractivity contribution < 1.29 is 22.9 Å². The number of halogens is 2. The fourth-order valence-electron chi connectivity index (χ4n) is 3.16. The largest absolute Gasteiger partial charge is 0.294 e. The van der Waals surface area contributed by atoms with Crippen LogP contribution in [0.25, 0.3) is 0 Å². The van der Waals surface area contributed by atoms with E-state index in [9.17, 15) is 28.1 Å². The van der Waals surface area contributed by atoms with Crippen molar-refractivity contribution in [3.63, 3.8) is 0 Å². The zero-order chi connectivity index (χ0) is 24.3. The van der Waals surface area contributed by atoms with Crippen LogP contribution in [0.3, 0.4) is 0 Å². The lowest BCUT2D eigenvalue weighted by Gasteiger charge is -2.17. The van der Waals surface area contributed by atoms with Crippen LogP contribution in [-0.2, 0) is 9.84 Å². The lowest BCUT2D eigenvalue weighted by atomic mass is 10.0. The molecule has 0 radical (unpaired) electrons. The lowest BCUT2D eigenvalue weighted by molar-refractivity contribution is -0.384. The van der Waals surface area contributed by atoms with Gasteiger partial charge in [0.05, 0.1) is 14.8 Å². The first-order valence-corrected chi connectivity index (χ1v) is 11.9. The van der Waals surface area contributed by atoms with Gasteiger partial charge in [-0.3, -0.25) is 19.7 Å². The molecule has 3 rings (SSSR count). The summed E-state index contributed by atoms with van der Waals surface area (Å²) in [6, 6.07) is 14.5. The van der Waals surface area contributed by atoms with E-state index in [1.54, 1.807) is 19.1 Å². The Hall–Kier alpha value is -3.07. The third-order valence-corrected chi connectivity index (χ3v) is 7.59. The number of Topliss-reactive ketones (excluding diaryl/α,β-unsaturated/α-hetero) is 2. The van der Waals surface area contributed by atoms with Gasteiger partial charge in [-0.2, -0.15) is 0 Å². The minimum Gasteiger partial charge on any atom is -0.294 e. The highest BCUT2D eigenvalue weighted by atomic mass is 35.5. The molecule has 3 aromatic rings. The van der Waals surface area contributed by atoms with E-state index in [-0.39, 0.29) is 26.7 Å². The highest BCUT2D eigenvalue weighted by molar-refractivity contribution is 7.92. The summed E-state index contributed by atoms with van der Waals surface area (Å²) in [4.78, 5) is 36.4. The van der Waals surface area contributed by atoms with Crippen molar-refractivity contribution in [2.75, 3.05) is 0 Å². The van der Waals surface area contributed by atoms with E-state index in [1.807, 2.05) is 0 Å². The lowest BCUT2D eigenvalue weighted by Crippen LogP contribution is -2.33. The summed E-state index contributed by atoms with van der Waals surface area (Å²) >= 11 is 12.0. The zero-order valence-corrected chi connectivity index (χ0v) is 19.5. The number of benzene rings is 3. The number of aryl methyl sites for hydroxylation is 1. The van der Waals surface area contributed by atoms with Gasteiger partial charge in [0.2, 0.25) is 0 Å². The number of nitro benzene ring substituents is 1. The standard InChI is InChI=1S/C23H17Cl2NO6S/c1-14-2-9-18(10-3-14)33(31,32)22(13-21(27)19-11-6-16(24)12-20(19)25)23(28)15-4-7-17(8-5-15)26(29)30/h2-12,22H,13H2,1H3/t22-/m0/s1. The first-order chi connectivity index (χ1) is 15.5. The monoisotopic (exact) mass is 505 g/mol. The normalized spacial score (nSPS) is 12.2. The van der Waals surface area contributed by atoms with Crippen molar-refractivity contribution in [2.24, 2.45) is 0 Å². The van der Waals surface area contributed by atoms with Crippen LogP contribution in [0.5, 0.6) is 0 Å². The summed E-state index contributed by atoms with van der Waals surface area (Å²) in [6.07, 6.45) is -0.673. The maximum atomic E-state index is 13.4. The van der Waals surface area contributed by atoms with Gasteiger partial charge >= 0.3 is 0 Å². The summed E-state index contributed by atoms with van der Waals surface area (Å²) in [5.74, 6) is -1.52. The predicted octanol–water partition coefficient (Wildman–Crippen LogP) is 5.51. The molecule has 0 unspecified atom stereocenters. The number of hydrogen-bond donors (Lipinski definition) is 0. The first kappa shape index (κ1) is 24.6. The molecule has 0 saturated heterocycles. The quantitative estimate of drug-likeness (QED) is 0.226. The Morgan fingerprint density at radius 2 is 1.58 bits per heavy atom. The Labute approximate surface area is 200 Å². The predicted molar refractivity (Wildman–Crippen MR) is 125 cm³/mol. The second kappa shape index (κ2) is 9.82. The summed E-state index contributed by atoms with van der Waals surface area (Å²) in [5.41, 5.74) is 0.516. The smallest absolute Gasteiger partial charge is 0.269 e. The van der Waals surface area contributed by atoms with Crippen LogP contribution in [0.15, 0.2) is 71.6 Å². The van der Waals surface area contributed by atoms with Crippen molar-refractivity contribution in [2.45, 2.75) is 23.5 Å². The minimum atomic E-state index is -4.29. The SMILES string of the molecule is Cc1ccc(S(=O)(=O)[C@@H](CC(=O)c2ccc(Cl)cc2Cl)C(=O)c2ccc([N+](=O)[O-])cc2)cc1. The molecule has 7 nitrogen and oxygen atoms in total. The van der Waals surface area contributed by atoms with Gasteiger partial charge in [-0.25, -0.2) is 8.42 Å². The molecular formula is C23H17Cl2NO6S. The van der Waals surface area contributed by atoms with E-state index in [0.29, 0.717) is 5.02 Å². The molecule has 0 N–H and O–H groups in total. The molecule has 0 aliphatic carbocycles. The van der Waals surface area contributed by atoms with Gasteiger partial charge in [0.15, 0.2) is 21.4 Å². The van der Waals surface area contributed by atoms with E-state index < -0.39 is 38.0 Å². The van der Waals surface area contributed by atoms with E-state index >= 15 is 0 Å². The third-order valence-electron chi connectivity index (χ3n) is 4.98. The average molecular weight is 506 g/mol. The number of carbonyl (C=O) groups is 2. The molecular weight excluding hydrogens is 489 g/mol. The van der Waals surface area contributed by atoms with Crippen LogP contribution >= 0.6 is 23.2 Å². The van der Waals surface area contributed by atoms with Gasteiger partial charge < -0.3 is 0 Å². The number of non-ortho nitro benzene ring substituents is 1. The minimum absolute atomic E-state index is 0.0293. The van der Waals surface area contributed by atoms with Crippen molar-refractivity contribution in [1.82, 2.24) is 0 Å². The maximum Gasteiger partial charge on any atom is 0.269 e. The summed E-state index contributed by atoms with van der Waals surface area (Å²) in [7, 11) is -4.29. The highest BCUT2D eigenvalue weighted by Gasteiger charge is 2.37. The summed E-state index contributed by atoms with van der Waals surface area (Å²) in [5, 5.41) is 9.46. The number of hydrogen-bond acceptors (Lipinski definition) is 6. The van der Waals surface area contributed by atoms with Crippen LogP contribution in [-0.4, -0.2) is 30.2 Å². The van der Waals surface area contributed by atoms with Crippen molar-refractivity contribution in [1.29, 1.82) is 0 Å². The van der Waals surface area contributed by atoms with Gasteiger partial charge in [0, 0.05) is 34.7 Å².